The molecule has 4 nitrogen and oxygen atoms in total. The predicted octanol–water partition coefficient (Wildman–Crippen LogP) is 1.86. The zero-order valence-electron chi connectivity index (χ0n) is 9.44. The molecular formula is C12H14ClNO3. The molecule has 17 heavy (non-hydrogen) atoms. The van der Waals surface area contributed by atoms with Crippen molar-refractivity contribution in [1.29, 1.82) is 0 Å². The van der Waals surface area contributed by atoms with Crippen molar-refractivity contribution in [1.82, 2.24) is 5.32 Å². The van der Waals surface area contributed by atoms with Crippen LogP contribution < -0.4 is 5.32 Å². The van der Waals surface area contributed by atoms with Crippen molar-refractivity contribution in [2.45, 2.75) is 25.8 Å². The van der Waals surface area contributed by atoms with Crippen LogP contribution in [0.25, 0.3) is 0 Å². The van der Waals surface area contributed by atoms with E-state index in [-0.39, 0.29) is 5.91 Å². The SMILES string of the molecule is CC(=O)N[C@@H](CCc1ccccc1Cl)C(=O)O. The standard InChI is InChI=1S/C12H14ClNO3/c1-8(15)14-11(12(16)17)7-6-9-4-2-3-5-10(9)13/h2-5,11H,6-7H2,1H3,(H,14,15)(H,16,17)/t11-/m0/s1. The fraction of sp³-hybridized carbons (Fsp3) is 0.333. The number of aryl methyl sites for hydroxylation is 1. The van der Waals surface area contributed by atoms with Crippen LogP contribution in [0.1, 0.15) is 18.9 Å². The maximum absolute atomic E-state index is 10.9. The maximum atomic E-state index is 10.9. The van der Waals surface area contributed by atoms with E-state index in [1.807, 2.05) is 18.2 Å². The summed E-state index contributed by atoms with van der Waals surface area (Å²) in [4.78, 5) is 21.7. The van der Waals surface area contributed by atoms with Crippen molar-refractivity contribution in [3.8, 4) is 0 Å². The number of carbonyl (C=O) groups is 2. The first kappa shape index (κ1) is 13.5. The second kappa shape index (κ2) is 6.25. The molecule has 0 radical (unpaired) electrons. The van der Waals surface area contributed by atoms with Crippen LogP contribution in [-0.2, 0) is 16.0 Å². The summed E-state index contributed by atoms with van der Waals surface area (Å²) < 4.78 is 0. The molecule has 0 aliphatic heterocycles. The molecule has 5 heteroatoms. The van der Waals surface area contributed by atoms with Gasteiger partial charge >= 0.3 is 5.97 Å². The van der Waals surface area contributed by atoms with E-state index >= 15 is 0 Å². The minimum atomic E-state index is -1.03. The molecule has 0 aromatic heterocycles. The molecule has 0 bridgehead atoms. The van der Waals surface area contributed by atoms with Gasteiger partial charge in [0.25, 0.3) is 0 Å². The van der Waals surface area contributed by atoms with E-state index in [0.29, 0.717) is 17.9 Å². The Balaban J connectivity index is 2.61. The second-order valence-electron chi connectivity index (χ2n) is 3.72. The first-order chi connectivity index (χ1) is 8.00. The third kappa shape index (κ3) is 4.44. The minimum absolute atomic E-state index is 0.318. The molecule has 0 unspecified atom stereocenters. The lowest BCUT2D eigenvalue weighted by Gasteiger charge is -2.13. The van der Waals surface area contributed by atoms with Crippen LogP contribution in [0, 0.1) is 0 Å². The molecule has 2 N–H and O–H groups in total. The molecule has 1 aromatic carbocycles. The van der Waals surface area contributed by atoms with Gasteiger partial charge in [0.1, 0.15) is 6.04 Å². The summed E-state index contributed by atoms with van der Waals surface area (Å²) in [6.45, 7) is 1.30. The molecule has 1 amide bonds. The lowest BCUT2D eigenvalue weighted by molar-refractivity contribution is -0.141. The van der Waals surface area contributed by atoms with Crippen LogP contribution in [-0.4, -0.2) is 23.0 Å². The average molecular weight is 256 g/mol. The Morgan fingerprint density at radius 1 is 1.41 bits per heavy atom. The topological polar surface area (TPSA) is 66.4 Å². The van der Waals surface area contributed by atoms with E-state index in [9.17, 15) is 9.59 Å². The van der Waals surface area contributed by atoms with Gasteiger partial charge < -0.3 is 10.4 Å². The van der Waals surface area contributed by atoms with Crippen LogP contribution in [0.2, 0.25) is 5.02 Å². The summed E-state index contributed by atoms with van der Waals surface area (Å²) in [5.41, 5.74) is 0.880. The lowest BCUT2D eigenvalue weighted by atomic mass is 10.1. The van der Waals surface area contributed by atoms with Crippen molar-refractivity contribution < 1.29 is 14.7 Å². The van der Waals surface area contributed by atoms with Gasteiger partial charge in [-0.2, -0.15) is 0 Å². The van der Waals surface area contributed by atoms with E-state index < -0.39 is 12.0 Å². The molecule has 0 saturated heterocycles. The third-order valence-corrected chi connectivity index (χ3v) is 2.70. The Labute approximate surface area is 105 Å². The molecule has 0 aliphatic carbocycles. The highest BCUT2D eigenvalue weighted by molar-refractivity contribution is 6.31. The van der Waals surface area contributed by atoms with Gasteiger partial charge in [-0.05, 0) is 24.5 Å². The highest BCUT2D eigenvalue weighted by Gasteiger charge is 2.18. The molecule has 92 valence electrons. The van der Waals surface area contributed by atoms with Crippen LogP contribution in [0.3, 0.4) is 0 Å². The average Bonchev–Trinajstić information content (AvgIpc) is 2.25. The van der Waals surface area contributed by atoms with Crippen LogP contribution in [0.15, 0.2) is 24.3 Å². The van der Waals surface area contributed by atoms with Crippen molar-refractivity contribution in [2.75, 3.05) is 0 Å². The second-order valence-corrected chi connectivity index (χ2v) is 4.13. The highest BCUT2D eigenvalue weighted by atomic mass is 35.5. The molecule has 1 atom stereocenters. The van der Waals surface area contributed by atoms with Crippen molar-refractivity contribution in [3.63, 3.8) is 0 Å². The number of carboxylic acid groups (broad SMARTS) is 1. The minimum Gasteiger partial charge on any atom is -0.480 e. The fourth-order valence-electron chi connectivity index (χ4n) is 1.50. The van der Waals surface area contributed by atoms with Gasteiger partial charge in [0.2, 0.25) is 5.91 Å². The third-order valence-electron chi connectivity index (χ3n) is 2.34. The molecule has 1 aromatic rings. The lowest BCUT2D eigenvalue weighted by Crippen LogP contribution is -2.39. The van der Waals surface area contributed by atoms with E-state index in [0.717, 1.165) is 5.56 Å². The van der Waals surface area contributed by atoms with Gasteiger partial charge in [0, 0.05) is 11.9 Å². The number of hydrogen-bond donors (Lipinski definition) is 2. The number of carbonyl (C=O) groups excluding carboxylic acids is 1. The Morgan fingerprint density at radius 3 is 2.59 bits per heavy atom. The summed E-state index contributed by atoms with van der Waals surface area (Å²) in [5, 5.41) is 11.9. The number of hydrogen-bond acceptors (Lipinski definition) is 2. The largest absolute Gasteiger partial charge is 0.480 e. The number of aliphatic carboxylic acids is 1. The van der Waals surface area contributed by atoms with Gasteiger partial charge in [0.15, 0.2) is 0 Å². The van der Waals surface area contributed by atoms with Crippen LogP contribution in [0.4, 0.5) is 0 Å². The van der Waals surface area contributed by atoms with Crippen molar-refractivity contribution >= 4 is 23.5 Å². The number of rotatable bonds is 5. The van der Waals surface area contributed by atoms with Crippen molar-refractivity contribution in [2.24, 2.45) is 0 Å². The Kier molecular flexibility index (Phi) is 4.97. The van der Waals surface area contributed by atoms with E-state index in [2.05, 4.69) is 5.32 Å². The molecule has 0 spiro atoms. The van der Waals surface area contributed by atoms with E-state index in [1.165, 1.54) is 6.92 Å². The van der Waals surface area contributed by atoms with Gasteiger partial charge in [-0.15, -0.1) is 0 Å². The summed E-state index contributed by atoms with van der Waals surface area (Å²) >= 11 is 5.96. The molecule has 0 heterocycles. The fourth-order valence-corrected chi connectivity index (χ4v) is 1.73. The number of halogens is 1. The smallest absolute Gasteiger partial charge is 0.326 e. The number of carboxylic acids is 1. The quantitative estimate of drug-likeness (QED) is 0.844. The first-order valence-corrected chi connectivity index (χ1v) is 5.62. The highest BCUT2D eigenvalue weighted by Crippen LogP contribution is 2.17. The number of nitrogens with one attached hydrogen (secondary N) is 1. The Bertz CT molecular complexity index is 420. The summed E-state index contributed by atoms with van der Waals surface area (Å²) in [6, 6.07) is 6.38. The molecule has 0 aliphatic rings. The van der Waals surface area contributed by atoms with Gasteiger partial charge in [-0.25, -0.2) is 4.79 Å². The summed E-state index contributed by atoms with van der Waals surface area (Å²) in [5.74, 6) is -1.39. The normalized spacial score (nSPS) is 11.9. The van der Waals surface area contributed by atoms with Crippen LogP contribution in [0.5, 0.6) is 0 Å². The van der Waals surface area contributed by atoms with Gasteiger partial charge in [-0.3, -0.25) is 4.79 Å². The van der Waals surface area contributed by atoms with Gasteiger partial charge in [0.05, 0.1) is 0 Å². The molecule has 0 saturated carbocycles. The molecule has 1 rings (SSSR count). The van der Waals surface area contributed by atoms with Gasteiger partial charge in [-0.1, -0.05) is 29.8 Å². The number of amides is 1. The maximum Gasteiger partial charge on any atom is 0.326 e. The van der Waals surface area contributed by atoms with Crippen molar-refractivity contribution in [3.05, 3.63) is 34.9 Å². The van der Waals surface area contributed by atoms with E-state index in [4.69, 9.17) is 16.7 Å². The zero-order valence-corrected chi connectivity index (χ0v) is 10.2. The number of benzene rings is 1. The molecular weight excluding hydrogens is 242 g/mol. The van der Waals surface area contributed by atoms with Crippen LogP contribution >= 0.6 is 11.6 Å². The Hall–Kier alpha value is -1.55. The zero-order chi connectivity index (χ0) is 12.8. The summed E-state index contributed by atoms with van der Waals surface area (Å²) in [7, 11) is 0. The van der Waals surface area contributed by atoms with E-state index in [1.54, 1.807) is 6.07 Å². The summed E-state index contributed by atoms with van der Waals surface area (Å²) in [6.07, 6.45) is 0.829. The monoisotopic (exact) mass is 255 g/mol. The first-order valence-electron chi connectivity index (χ1n) is 5.24. The molecule has 0 fully saturated rings. The predicted molar refractivity (Wildman–Crippen MR) is 65.0 cm³/mol. The Morgan fingerprint density at radius 2 is 2.06 bits per heavy atom.